The predicted molar refractivity (Wildman–Crippen MR) is 92.9 cm³/mol. The van der Waals surface area contributed by atoms with Gasteiger partial charge in [0, 0.05) is 6.04 Å². The van der Waals surface area contributed by atoms with Gasteiger partial charge in [-0.25, -0.2) is 4.98 Å². The fourth-order valence-corrected chi connectivity index (χ4v) is 2.02. The Kier molecular flexibility index (Phi) is 5.97. The number of aromatic nitrogens is 1. The van der Waals surface area contributed by atoms with Crippen molar-refractivity contribution in [3.63, 3.8) is 0 Å². The van der Waals surface area contributed by atoms with Crippen molar-refractivity contribution < 1.29 is 9.53 Å². The number of hydrogen-bond acceptors (Lipinski definition) is 4. The Morgan fingerprint density at radius 1 is 1.17 bits per heavy atom. The third-order valence-electron chi connectivity index (χ3n) is 3.19. The molecule has 1 heterocycles. The maximum Gasteiger partial charge on any atom is 0.262 e. The molecule has 0 fully saturated rings. The molecule has 0 unspecified atom stereocenters. The fourth-order valence-electron chi connectivity index (χ4n) is 2.02. The van der Waals surface area contributed by atoms with E-state index < -0.39 is 0 Å². The minimum absolute atomic E-state index is 0.0303. The zero-order valence-corrected chi connectivity index (χ0v) is 13.8. The summed E-state index contributed by atoms with van der Waals surface area (Å²) in [6.07, 6.45) is 2.61. The molecule has 2 rings (SSSR count). The Morgan fingerprint density at radius 3 is 2.48 bits per heavy atom. The third kappa shape index (κ3) is 5.62. The van der Waals surface area contributed by atoms with Crippen LogP contribution >= 0.6 is 0 Å². The molecule has 0 spiro atoms. The molecular formula is C18H23N3O2. The molecule has 122 valence electrons. The van der Waals surface area contributed by atoms with E-state index in [1.165, 1.54) is 5.56 Å². The average Bonchev–Trinajstić information content (AvgIpc) is 2.55. The minimum atomic E-state index is -0.212. The van der Waals surface area contributed by atoms with Crippen molar-refractivity contribution in [2.24, 2.45) is 0 Å². The number of amides is 1. The van der Waals surface area contributed by atoms with Crippen LogP contribution in [0.1, 0.15) is 26.3 Å². The van der Waals surface area contributed by atoms with Gasteiger partial charge < -0.3 is 15.4 Å². The van der Waals surface area contributed by atoms with E-state index in [1.54, 1.807) is 6.20 Å². The van der Waals surface area contributed by atoms with Gasteiger partial charge in [0.1, 0.15) is 11.6 Å². The van der Waals surface area contributed by atoms with E-state index in [2.05, 4.69) is 22.5 Å². The number of benzene rings is 1. The molecule has 1 aromatic carbocycles. The number of carbonyl (C=O) groups is 1. The van der Waals surface area contributed by atoms with Crippen molar-refractivity contribution in [1.29, 1.82) is 0 Å². The molecule has 0 aliphatic carbocycles. The topological polar surface area (TPSA) is 63.2 Å². The summed E-state index contributed by atoms with van der Waals surface area (Å²) in [6.45, 7) is 6.15. The molecule has 5 heteroatoms. The molecule has 0 aliphatic rings. The lowest BCUT2D eigenvalue weighted by Crippen LogP contribution is -2.20. The molecule has 0 saturated carbocycles. The molecule has 0 bridgehead atoms. The van der Waals surface area contributed by atoms with Gasteiger partial charge in [0.25, 0.3) is 5.91 Å². The van der Waals surface area contributed by atoms with Crippen LogP contribution in [0.5, 0.6) is 5.75 Å². The number of aryl methyl sites for hydroxylation is 1. The van der Waals surface area contributed by atoms with Crippen molar-refractivity contribution in [1.82, 2.24) is 4.98 Å². The van der Waals surface area contributed by atoms with Crippen LogP contribution < -0.4 is 15.4 Å². The van der Waals surface area contributed by atoms with E-state index in [-0.39, 0.29) is 12.5 Å². The molecule has 0 atom stereocenters. The van der Waals surface area contributed by atoms with Gasteiger partial charge in [0.15, 0.2) is 6.61 Å². The van der Waals surface area contributed by atoms with Crippen molar-refractivity contribution >= 4 is 17.4 Å². The Labute approximate surface area is 137 Å². The van der Waals surface area contributed by atoms with E-state index in [4.69, 9.17) is 4.74 Å². The molecular weight excluding hydrogens is 290 g/mol. The Balaban J connectivity index is 1.81. The molecule has 0 radical (unpaired) electrons. The number of ether oxygens (including phenoxy) is 1. The van der Waals surface area contributed by atoms with Crippen LogP contribution in [0.4, 0.5) is 11.5 Å². The summed E-state index contributed by atoms with van der Waals surface area (Å²) >= 11 is 0. The van der Waals surface area contributed by atoms with E-state index in [1.807, 2.05) is 50.2 Å². The highest BCUT2D eigenvalue weighted by atomic mass is 16.5. The van der Waals surface area contributed by atoms with E-state index in [0.29, 0.717) is 17.5 Å². The minimum Gasteiger partial charge on any atom is -0.484 e. The largest absolute Gasteiger partial charge is 0.484 e. The molecule has 0 saturated heterocycles. The first-order valence-corrected chi connectivity index (χ1v) is 7.81. The van der Waals surface area contributed by atoms with E-state index in [0.717, 1.165) is 12.2 Å². The lowest BCUT2D eigenvalue weighted by molar-refractivity contribution is -0.118. The maximum atomic E-state index is 11.9. The highest BCUT2D eigenvalue weighted by Gasteiger charge is 2.05. The van der Waals surface area contributed by atoms with Crippen LogP contribution in [0.3, 0.4) is 0 Å². The van der Waals surface area contributed by atoms with E-state index >= 15 is 0 Å². The standard InChI is InChI=1S/C18H23N3O2/c1-4-14-5-8-16(9-6-14)23-12-18(22)21-15-7-10-17(19-11-15)20-13(2)3/h5-11,13H,4,12H2,1-3H3,(H,19,20)(H,21,22). The second-order valence-electron chi connectivity index (χ2n) is 5.57. The summed E-state index contributed by atoms with van der Waals surface area (Å²) in [4.78, 5) is 16.1. The molecule has 23 heavy (non-hydrogen) atoms. The Bertz CT molecular complexity index is 622. The summed E-state index contributed by atoms with van der Waals surface area (Å²) in [5.41, 5.74) is 1.89. The third-order valence-corrected chi connectivity index (χ3v) is 3.19. The number of anilines is 2. The number of pyridine rings is 1. The smallest absolute Gasteiger partial charge is 0.262 e. The summed E-state index contributed by atoms with van der Waals surface area (Å²) in [6, 6.07) is 11.7. The number of nitrogens with one attached hydrogen (secondary N) is 2. The normalized spacial score (nSPS) is 10.4. The molecule has 2 aromatic rings. The lowest BCUT2D eigenvalue weighted by atomic mass is 10.2. The van der Waals surface area contributed by atoms with E-state index in [9.17, 15) is 4.79 Å². The van der Waals surface area contributed by atoms with Crippen LogP contribution in [-0.4, -0.2) is 23.5 Å². The van der Waals surface area contributed by atoms with Crippen LogP contribution in [0, 0.1) is 0 Å². The van der Waals surface area contributed by atoms with Gasteiger partial charge in [-0.15, -0.1) is 0 Å². The summed E-state index contributed by atoms with van der Waals surface area (Å²) in [5, 5.41) is 5.95. The molecule has 1 aromatic heterocycles. The van der Waals surface area contributed by atoms with Crippen molar-refractivity contribution in [2.75, 3.05) is 17.2 Å². The SMILES string of the molecule is CCc1ccc(OCC(=O)Nc2ccc(NC(C)C)nc2)cc1. The first-order chi connectivity index (χ1) is 11.1. The van der Waals surface area contributed by atoms with Gasteiger partial charge in [-0.3, -0.25) is 4.79 Å². The second-order valence-corrected chi connectivity index (χ2v) is 5.57. The van der Waals surface area contributed by atoms with Gasteiger partial charge in [-0.05, 0) is 50.1 Å². The summed E-state index contributed by atoms with van der Waals surface area (Å²) < 4.78 is 5.47. The van der Waals surface area contributed by atoms with Crippen molar-refractivity contribution in [3.05, 3.63) is 48.2 Å². The molecule has 0 aliphatic heterocycles. The zero-order chi connectivity index (χ0) is 16.7. The maximum absolute atomic E-state index is 11.9. The fraction of sp³-hybridized carbons (Fsp3) is 0.333. The summed E-state index contributed by atoms with van der Waals surface area (Å²) in [5.74, 6) is 1.26. The highest BCUT2D eigenvalue weighted by Crippen LogP contribution is 2.13. The van der Waals surface area contributed by atoms with Crippen LogP contribution in [0.25, 0.3) is 0 Å². The second kappa shape index (κ2) is 8.17. The molecule has 2 N–H and O–H groups in total. The molecule has 1 amide bonds. The Hall–Kier alpha value is -2.56. The number of carbonyl (C=O) groups excluding carboxylic acids is 1. The average molecular weight is 313 g/mol. The van der Waals surface area contributed by atoms with Crippen LogP contribution in [-0.2, 0) is 11.2 Å². The monoisotopic (exact) mass is 313 g/mol. The Morgan fingerprint density at radius 2 is 1.91 bits per heavy atom. The predicted octanol–water partition coefficient (Wildman–Crippen LogP) is 3.48. The van der Waals surface area contributed by atoms with Crippen LogP contribution in [0.2, 0.25) is 0 Å². The quantitative estimate of drug-likeness (QED) is 0.821. The van der Waals surface area contributed by atoms with Gasteiger partial charge in [-0.1, -0.05) is 19.1 Å². The van der Waals surface area contributed by atoms with Gasteiger partial charge in [0.05, 0.1) is 11.9 Å². The highest BCUT2D eigenvalue weighted by molar-refractivity contribution is 5.91. The van der Waals surface area contributed by atoms with Gasteiger partial charge >= 0.3 is 0 Å². The number of hydrogen-bond donors (Lipinski definition) is 2. The van der Waals surface area contributed by atoms with Crippen LogP contribution in [0.15, 0.2) is 42.6 Å². The van der Waals surface area contributed by atoms with Gasteiger partial charge in [0.2, 0.25) is 0 Å². The van der Waals surface area contributed by atoms with Gasteiger partial charge in [-0.2, -0.15) is 0 Å². The number of nitrogens with zero attached hydrogens (tertiary/aromatic N) is 1. The van der Waals surface area contributed by atoms with Crippen molar-refractivity contribution in [3.8, 4) is 5.75 Å². The first kappa shape index (κ1) is 16.8. The lowest BCUT2D eigenvalue weighted by Gasteiger charge is -2.10. The molecule has 5 nitrogen and oxygen atoms in total. The number of rotatable bonds is 7. The summed E-state index contributed by atoms with van der Waals surface area (Å²) in [7, 11) is 0. The first-order valence-electron chi connectivity index (χ1n) is 7.81. The van der Waals surface area contributed by atoms with Crippen molar-refractivity contribution in [2.45, 2.75) is 33.2 Å². The zero-order valence-electron chi connectivity index (χ0n) is 13.8.